The molecule has 24 heavy (non-hydrogen) atoms. The minimum absolute atomic E-state index is 0.0349. The number of rotatable bonds is 5. The molecule has 3 rings (SSSR count). The van der Waals surface area contributed by atoms with Crippen LogP contribution >= 0.6 is 0 Å². The molecule has 128 valence electrons. The van der Waals surface area contributed by atoms with Crippen molar-refractivity contribution in [1.82, 2.24) is 0 Å². The number of para-hydroxylation sites is 2. The van der Waals surface area contributed by atoms with Gasteiger partial charge in [-0.1, -0.05) is 24.3 Å². The average Bonchev–Trinajstić information content (AvgIpc) is 2.57. The van der Waals surface area contributed by atoms with E-state index in [-0.39, 0.29) is 11.2 Å². The number of hydrogen-bond donors (Lipinski definition) is 1. The Morgan fingerprint density at radius 3 is 2.50 bits per heavy atom. The van der Waals surface area contributed by atoms with E-state index in [0.717, 1.165) is 25.8 Å². The second-order valence-corrected chi connectivity index (χ2v) is 6.97. The van der Waals surface area contributed by atoms with Crippen molar-refractivity contribution < 1.29 is 8.78 Å². The molecule has 0 saturated heterocycles. The first-order valence-electron chi connectivity index (χ1n) is 8.52. The maximum atomic E-state index is 13.7. The Labute approximate surface area is 142 Å². The molecule has 1 aliphatic rings. The Morgan fingerprint density at radius 2 is 1.75 bits per heavy atom. The number of halogens is 2. The van der Waals surface area contributed by atoms with E-state index in [9.17, 15) is 8.78 Å². The van der Waals surface area contributed by atoms with Crippen molar-refractivity contribution >= 4 is 11.4 Å². The molecule has 0 saturated carbocycles. The summed E-state index contributed by atoms with van der Waals surface area (Å²) in [6.07, 6.45) is 3.03. The molecule has 2 aromatic rings. The minimum Gasteiger partial charge on any atom is -0.380 e. The topological polar surface area (TPSA) is 15.3 Å². The SMILES string of the molecule is CC(C)(CCNc1c(F)cccc1F)N1CCCc2ccccc21. The van der Waals surface area contributed by atoms with E-state index in [1.807, 2.05) is 0 Å². The quantitative estimate of drug-likeness (QED) is 0.830. The molecule has 0 radical (unpaired) electrons. The van der Waals surface area contributed by atoms with Gasteiger partial charge in [0.15, 0.2) is 0 Å². The van der Waals surface area contributed by atoms with Gasteiger partial charge < -0.3 is 10.2 Å². The largest absolute Gasteiger partial charge is 0.380 e. The summed E-state index contributed by atoms with van der Waals surface area (Å²) >= 11 is 0. The maximum absolute atomic E-state index is 13.7. The molecule has 0 spiro atoms. The predicted molar refractivity (Wildman–Crippen MR) is 95.7 cm³/mol. The van der Waals surface area contributed by atoms with Crippen LogP contribution in [0.4, 0.5) is 20.2 Å². The van der Waals surface area contributed by atoms with Gasteiger partial charge >= 0.3 is 0 Å². The van der Waals surface area contributed by atoms with E-state index in [1.165, 1.54) is 29.4 Å². The first kappa shape index (κ1) is 16.7. The van der Waals surface area contributed by atoms with Gasteiger partial charge in [0.25, 0.3) is 0 Å². The molecule has 4 heteroatoms. The fourth-order valence-electron chi connectivity index (χ4n) is 3.46. The summed E-state index contributed by atoms with van der Waals surface area (Å²) in [4.78, 5) is 2.42. The van der Waals surface area contributed by atoms with Crippen molar-refractivity contribution in [1.29, 1.82) is 0 Å². The van der Waals surface area contributed by atoms with E-state index >= 15 is 0 Å². The Hall–Kier alpha value is -2.10. The van der Waals surface area contributed by atoms with Crippen molar-refractivity contribution in [3.63, 3.8) is 0 Å². The van der Waals surface area contributed by atoms with Gasteiger partial charge in [0, 0.05) is 24.3 Å². The number of hydrogen-bond acceptors (Lipinski definition) is 2. The highest BCUT2D eigenvalue weighted by Crippen LogP contribution is 2.34. The lowest BCUT2D eigenvalue weighted by atomic mass is 9.92. The van der Waals surface area contributed by atoms with Crippen LogP contribution in [-0.2, 0) is 6.42 Å². The van der Waals surface area contributed by atoms with Crippen LogP contribution in [0.25, 0.3) is 0 Å². The average molecular weight is 330 g/mol. The van der Waals surface area contributed by atoms with Crippen molar-refractivity contribution in [2.75, 3.05) is 23.3 Å². The number of benzene rings is 2. The third-order valence-corrected chi connectivity index (χ3v) is 4.84. The van der Waals surface area contributed by atoms with Crippen LogP contribution in [0.3, 0.4) is 0 Å². The maximum Gasteiger partial charge on any atom is 0.149 e. The monoisotopic (exact) mass is 330 g/mol. The molecule has 0 unspecified atom stereocenters. The molecule has 0 bridgehead atoms. The van der Waals surface area contributed by atoms with E-state index in [0.29, 0.717) is 6.54 Å². The van der Waals surface area contributed by atoms with Gasteiger partial charge in [-0.3, -0.25) is 0 Å². The van der Waals surface area contributed by atoms with Crippen LogP contribution in [0, 0.1) is 11.6 Å². The predicted octanol–water partition coefficient (Wildman–Crippen LogP) is 5.00. The molecule has 1 aliphatic heterocycles. The van der Waals surface area contributed by atoms with Crippen molar-refractivity contribution in [3.8, 4) is 0 Å². The smallest absolute Gasteiger partial charge is 0.149 e. The number of nitrogens with one attached hydrogen (secondary N) is 1. The number of fused-ring (bicyclic) bond motifs is 1. The minimum atomic E-state index is -0.545. The first-order chi connectivity index (χ1) is 11.5. The highest BCUT2D eigenvalue weighted by molar-refractivity contribution is 5.57. The normalized spacial score (nSPS) is 14.4. The number of aryl methyl sites for hydroxylation is 1. The van der Waals surface area contributed by atoms with Gasteiger partial charge in [-0.15, -0.1) is 0 Å². The third kappa shape index (κ3) is 3.37. The molecule has 0 aromatic heterocycles. The molecule has 1 heterocycles. The van der Waals surface area contributed by atoms with Crippen molar-refractivity contribution in [2.45, 2.75) is 38.6 Å². The van der Waals surface area contributed by atoms with Gasteiger partial charge in [-0.05, 0) is 56.9 Å². The Kier molecular flexibility index (Phi) is 4.74. The second-order valence-electron chi connectivity index (χ2n) is 6.97. The Bertz CT molecular complexity index is 692. The van der Waals surface area contributed by atoms with Crippen LogP contribution in [0.5, 0.6) is 0 Å². The van der Waals surface area contributed by atoms with Crippen LogP contribution in [-0.4, -0.2) is 18.6 Å². The molecule has 2 nitrogen and oxygen atoms in total. The van der Waals surface area contributed by atoms with Crippen molar-refractivity contribution in [3.05, 3.63) is 59.7 Å². The molecule has 0 fully saturated rings. The van der Waals surface area contributed by atoms with Gasteiger partial charge in [-0.2, -0.15) is 0 Å². The Morgan fingerprint density at radius 1 is 1.04 bits per heavy atom. The summed E-state index contributed by atoms with van der Waals surface area (Å²) in [5, 5.41) is 2.92. The summed E-state index contributed by atoms with van der Waals surface area (Å²) < 4.78 is 27.4. The van der Waals surface area contributed by atoms with Crippen LogP contribution < -0.4 is 10.2 Å². The van der Waals surface area contributed by atoms with Gasteiger partial charge in [0.1, 0.15) is 17.3 Å². The van der Waals surface area contributed by atoms with Crippen LogP contribution in [0.2, 0.25) is 0 Å². The zero-order chi connectivity index (χ0) is 17.2. The summed E-state index contributed by atoms with van der Waals surface area (Å²) in [5.74, 6) is -1.09. The van der Waals surface area contributed by atoms with Gasteiger partial charge in [0.05, 0.1) is 0 Å². The van der Waals surface area contributed by atoms with Crippen LogP contribution in [0.1, 0.15) is 32.3 Å². The Balaban J connectivity index is 1.69. The molecule has 0 aliphatic carbocycles. The fourth-order valence-corrected chi connectivity index (χ4v) is 3.46. The number of anilines is 2. The summed E-state index contributed by atoms with van der Waals surface area (Å²) in [6.45, 7) is 5.91. The zero-order valence-corrected chi connectivity index (χ0v) is 14.3. The molecular formula is C20H24F2N2. The summed E-state index contributed by atoms with van der Waals surface area (Å²) in [7, 11) is 0. The lowest BCUT2D eigenvalue weighted by molar-refractivity contribution is 0.423. The van der Waals surface area contributed by atoms with Gasteiger partial charge in [0.2, 0.25) is 0 Å². The highest BCUT2D eigenvalue weighted by atomic mass is 19.1. The standard InChI is InChI=1S/C20H24F2N2/c1-20(2,12-13-23-19-16(21)9-5-10-17(19)22)24-14-6-8-15-7-3-4-11-18(15)24/h3-5,7,9-11,23H,6,8,12-14H2,1-2H3. The van der Waals surface area contributed by atoms with Crippen molar-refractivity contribution in [2.24, 2.45) is 0 Å². The molecular weight excluding hydrogens is 306 g/mol. The van der Waals surface area contributed by atoms with E-state index < -0.39 is 11.6 Å². The fraction of sp³-hybridized carbons (Fsp3) is 0.400. The molecule has 0 amide bonds. The van der Waals surface area contributed by atoms with E-state index in [2.05, 4.69) is 48.3 Å². The lowest BCUT2D eigenvalue weighted by Crippen LogP contribution is -2.47. The molecule has 0 atom stereocenters. The van der Waals surface area contributed by atoms with Crippen LogP contribution in [0.15, 0.2) is 42.5 Å². The first-order valence-corrected chi connectivity index (χ1v) is 8.52. The lowest BCUT2D eigenvalue weighted by Gasteiger charge is -2.44. The number of nitrogens with zero attached hydrogens (tertiary/aromatic N) is 1. The van der Waals surface area contributed by atoms with E-state index in [1.54, 1.807) is 0 Å². The summed E-state index contributed by atoms with van der Waals surface area (Å²) in [6, 6.07) is 12.4. The second kappa shape index (κ2) is 6.80. The zero-order valence-electron chi connectivity index (χ0n) is 14.3. The third-order valence-electron chi connectivity index (χ3n) is 4.84. The highest BCUT2D eigenvalue weighted by Gasteiger charge is 2.30. The molecule has 1 N–H and O–H groups in total. The molecule has 2 aromatic carbocycles. The summed E-state index contributed by atoms with van der Waals surface area (Å²) in [5.41, 5.74) is 2.54. The van der Waals surface area contributed by atoms with E-state index in [4.69, 9.17) is 0 Å². The van der Waals surface area contributed by atoms with Gasteiger partial charge in [-0.25, -0.2) is 8.78 Å².